The molecule has 1 unspecified atom stereocenters. The van der Waals surface area contributed by atoms with E-state index in [0.717, 1.165) is 44.2 Å². The summed E-state index contributed by atoms with van der Waals surface area (Å²) >= 11 is 0. The molecule has 1 rings (SSSR count). The van der Waals surface area contributed by atoms with E-state index in [1.165, 1.54) is 0 Å². The van der Waals surface area contributed by atoms with Crippen LogP contribution in [0.3, 0.4) is 0 Å². The first kappa shape index (κ1) is 15.2. The Bertz CT molecular complexity index is 325. The van der Waals surface area contributed by atoms with Gasteiger partial charge < -0.3 is 14.5 Å². The van der Waals surface area contributed by atoms with E-state index in [4.69, 9.17) is 9.15 Å². The molecule has 0 aliphatic carbocycles. The molecule has 1 heterocycles. The lowest BCUT2D eigenvalue weighted by atomic mass is 10.2. The second-order valence-corrected chi connectivity index (χ2v) is 4.83. The molecule has 0 amide bonds. The van der Waals surface area contributed by atoms with Crippen molar-refractivity contribution in [3.05, 3.63) is 23.7 Å². The summed E-state index contributed by atoms with van der Waals surface area (Å²) in [5.74, 6) is 2.00. The van der Waals surface area contributed by atoms with Gasteiger partial charge in [0.2, 0.25) is 0 Å². The van der Waals surface area contributed by atoms with Gasteiger partial charge in [-0.25, -0.2) is 0 Å². The zero-order valence-electron chi connectivity index (χ0n) is 12.0. The maximum absolute atomic E-state index is 5.58. The average Bonchev–Trinajstić information content (AvgIpc) is 2.74. The van der Waals surface area contributed by atoms with Crippen LogP contribution in [0.5, 0.6) is 0 Å². The second-order valence-electron chi connectivity index (χ2n) is 4.83. The molecule has 1 N–H and O–H groups in total. The standard InChI is InChI=1S/C14H26N2O2/c1-12(10-15-8-5-9-17-4)16(3)11-14-7-6-13(2)18-14/h6-7,12,15H,5,8-11H2,1-4H3. The predicted molar refractivity (Wildman–Crippen MR) is 73.7 cm³/mol. The Kier molecular flexibility index (Phi) is 7.01. The molecular weight excluding hydrogens is 228 g/mol. The van der Waals surface area contributed by atoms with Crippen LogP contribution in [-0.2, 0) is 11.3 Å². The average molecular weight is 254 g/mol. The molecule has 0 aliphatic rings. The molecule has 18 heavy (non-hydrogen) atoms. The Morgan fingerprint density at radius 2 is 2.22 bits per heavy atom. The van der Waals surface area contributed by atoms with E-state index in [2.05, 4.69) is 24.2 Å². The van der Waals surface area contributed by atoms with Crippen LogP contribution in [0, 0.1) is 6.92 Å². The van der Waals surface area contributed by atoms with E-state index >= 15 is 0 Å². The quantitative estimate of drug-likeness (QED) is 0.684. The number of likely N-dealkylation sites (N-methyl/N-ethyl adjacent to an activating group) is 1. The van der Waals surface area contributed by atoms with Crippen molar-refractivity contribution in [1.29, 1.82) is 0 Å². The molecular formula is C14H26N2O2. The van der Waals surface area contributed by atoms with Crippen molar-refractivity contribution >= 4 is 0 Å². The van der Waals surface area contributed by atoms with Crippen LogP contribution in [-0.4, -0.2) is 44.8 Å². The Hall–Kier alpha value is -0.840. The third kappa shape index (κ3) is 5.67. The monoisotopic (exact) mass is 254 g/mol. The van der Waals surface area contributed by atoms with Gasteiger partial charge in [0.15, 0.2) is 0 Å². The molecule has 0 aliphatic heterocycles. The van der Waals surface area contributed by atoms with Gasteiger partial charge in [0.05, 0.1) is 6.54 Å². The van der Waals surface area contributed by atoms with Crippen molar-refractivity contribution in [2.75, 3.05) is 33.9 Å². The highest BCUT2D eigenvalue weighted by molar-refractivity contribution is 5.05. The van der Waals surface area contributed by atoms with Crippen LogP contribution < -0.4 is 5.32 Å². The molecule has 1 atom stereocenters. The van der Waals surface area contributed by atoms with Gasteiger partial charge in [-0.05, 0) is 46.0 Å². The van der Waals surface area contributed by atoms with Crippen LogP contribution in [0.1, 0.15) is 24.9 Å². The molecule has 1 aromatic heterocycles. The number of hydrogen-bond acceptors (Lipinski definition) is 4. The van der Waals surface area contributed by atoms with Crippen LogP contribution in [0.25, 0.3) is 0 Å². The van der Waals surface area contributed by atoms with Crippen LogP contribution in [0.4, 0.5) is 0 Å². The van der Waals surface area contributed by atoms with Crippen molar-refractivity contribution in [1.82, 2.24) is 10.2 Å². The minimum atomic E-state index is 0.484. The molecule has 0 radical (unpaired) electrons. The summed E-state index contributed by atoms with van der Waals surface area (Å²) in [4.78, 5) is 2.29. The molecule has 0 saturated carbocycles. The first-order chi connectivity index (χ1) is 8.63. The highest BCUT2D eigenvalue weighted by atomic mass is 16.5. The zero-order chi connectivity index (χ0) is 13.4. The van der Waals surface area contributed by atoms with Gasteiger partial charge in [0.1, 0.15) is 11.5 Å². The first-order valence-corrected chi connectivity index (χ1v) is 6.58. The third-order valence-electron chi connectivity index (χ3n) is 3.10. The van der Waals surface area contributed by atoms with Crippen molar-refractivity contribution < 1.29 is 9.15 Å². The van der Waals surface area contributed by atoms with E-state index in [1.54, 1.807) is 7.11 Å². The minimum Gasteiger partial charge on any atom is -0.465 e. The number of rotatable bonds is 9. The first-order valence-electron chi connectivity index (χ1n) is 6.58. The predicted octanol–water partition coefficient (Wildman–Crippen LogP) is 2.03. The summed E-state index contributed by atoms with van der Waals surface area (Å²) in [7, 11) is 3.86. The number of furan rings is 1. The van der Waals surface area contributed by atoms with Gasteiger partial charge >= 0.3 is 0 Å². The molecule has 0 spiro atoms. The van der Waals surface area contributed by atoms with E-state index in [9.17, 15) is 0 Å². The highest BCUT2D eigenvalue weighted by Crippen LogP contribution is 2.10. The number of hydrogen-bond donors (Lipinski definition) is 1. The van der Waals surface area contributed by atoms with Crippen molar-refractivity contribution in [2.45, 2.75) is 32.9 Å². The summed E-state index contributed by atoms with van der Waals surface area (Å²) in [6, 6.07) is 4.54. The fourth-order valence-corrected chi connectivity index (χ4v) is 1.78. The SMILES string of the molecule is COCCCNCC(C)N(C)Cc1ccc(C)o1. The third-order valence-corrected chi connectivity index (χ3v) is 3.10. The van der Waals surface area contributed by atoms with Gasteiger partial charge in [-0.1, -0.05) is 0 Å². The maximum atomic E-state index is 5.58. The normalized spacial score (nSPS) is 13.2. The number of ether oxygens (including phenoxy) is 1. The zero-order valence-corrected chi connectivity index (χ0v) is 12.0. The van der Waals surface area contributed by atoms with Gasteiger partial charge in [0.25, 0.3) is 0 Å². The Morgan fingerprint density at radius 3 is 2.83 bits per heavy atom. The summed E-state index contributed by atoms with van der Waals surface area (Å²) in [6.45, 7) is 7.87. The summed E-state index contributed by atoms with van der Waals surface area (Å²) < 4.78 is 10.6. The van der Waals surface area contributed by atoms with E-state index in [1.807, 2.05) is 19.1 Å². The molecule has 0 saturated heterocycles. The number of aryl methyl sites for hydroxylation is 1. The summed E-state index contributed by atoms with van der Waals surface area (Å²) in [5, 5.41) is 3.44. The topological polar surface area (TPSA) is 37.6 Å². The van der Waals surface area contributed by atoms with Gasteiger partial charge in [-0.3, -0.25) is 4.90 Å². The van der Waals surface area contributed by atoms with Crippen LogP contribution in [0.15, 0.2) is 16.5 Å². The number of nitrogens with one attached hydrogen (secondary N) is 1. The molecule has 0 bridgehead atoms. The van der Waals surface area contributed by atoms with Crippen LogP contribution >= 0.6 is 0 Å². The lowest BCUT2D eigenvalue weighted by Crippen LogP contribution is -2.37. The molecule has 4 nitrogen and oxygen atoms in total. The smallest absolute Gasteiger partial charge is 0.118 e. The van der Waals surface area contributed by atoms with Crippen molar-refractivity contribution in [3.63, 3.8) is 0 Å². The highest BCUT2D eigenvalue weighted by Gasteiger charge is 2.10. The van der Waals surface area contributed by atoms with Gasteiger partial charge in [-0.15, -0.1) is 0 Å². The number of methoxy groups -OCH3 is 1. The van der Waals surface area contributed by atoms with Gasteiger partial charge in [0, 0.05) is 26.3 Å². The largest absolute Gasteiger partial charge is 0.465 e. The second kappa shape index (κ2) is 8.29. The molecule has 4 heteroatoms. The fourth-order valence-electron chi connectivity index (χ4n) is 1.78. The fraction of sp³-hybridized carbons (Fsp3) is 0.714. The van der Waals surface area contributed by atoms with Gasteiger partial charge in [-0.2, -0.15) is 0 Å². The molecule has 1 aromatic rings. The van der Waals surface area contributed by atoms with Crippen molar-refractivity contribution in [2.24, 2.45) is 0 Å². The Balaban J connectivity index is 2.18. The Morgan fingerprint density at radius 1 is 1.44 bits per heavy atom. The van der Waals surface area contributed by atoms with E-state index in [-0.39, 0.29) is 0 Å². The summed E-state index contributed by atoms with van der Waals surface area (Å²) in [5.41, 5.74) is 0. The summed E-state index contributed by atoms with van der Waals surface area (Å²) in [6.07, 6.45) is 1.06. The van der Waals surface area contributed by atoms with E-state index in [0.29, 0.717) is 6.04 Å². The Labute approximate surface area is 110 Å². The number of nitrogens with zero attached hydrogens (tertiary/aromatic N) is 1. The minimum absolute atomic E-state index is 0.484. The molecule has 0 aromatic carbocycles. The van der Waals surface area contributed by atoms with Crippen molar-refractivity contribution in [3.8, 4) is 0 Å². The molecule has 0 fully saturated rings. The maximum Gasteiger partial charge on any atom is 0.118 e. The lowest BCUT2D eigenvalue weighted by molar-refractivity contribution is 0.190. The molecule has 104 valence electrons. The van der Waals surface area contributed by atoms with Crippen LogP contribution in [0.2, 0.25) is 0 Å². The lowest BCUT2D eigenvalue weighted by Gasteiger charge is -2.24. The van der Waals surface area contributed by atoms with E-state index < -0.39 is 0 Å².